The van der Waals surface area contributed by atoms with E-state index in [0.717, 1.165) is 85.5 Å². The van der Waals surface area contributed by atoms with Crippen LogP contribution in [0.15, 0.2) is 47.8 Å². The van der Waals surface area contributed by atoms with Crippen molar-refractivity contribution in [3.63, 3.8) is 0 Å². The molecule has 2 rings (SSSR count). The first-order valence-electron chi connectivity index (χ1n) is 28.3. The van der Waals surface area contributed by atoms with Gasteiger partial charge in [-0.3, -0.25) is 0 Å². The summed E-state index contributed by atoms with van der Waals surface area (Å²) in [6.07, 6.45) is 39.8. The van der Waals surface area contributed by atoms with Crippen molar-refractivity contribution in [2.24, 2.45) is 0 Å². The van der Waals surface area contributed by atoms with Crippen molar-refractivity contribution in [3.05, 3.63) is 58.9 Å². The van der Waals surface area contributed by atoms with Crippen LogP contribution in [0.1, 0.15) is 270 Å². The van der Waals surface area contributed by atoms with Gasteiger partial charge < -0.3 is 29.6 Å². The van der Waals surface area contributed by atoms with E-state index in [1.807, 2.05) is 50.2 Å². The van der Waals surface area contributed by atoms with Gasteiger partial charge in [0.15, 0.2) is 0 Å². The van der Waals surface area contributed by atoms with Gasteiger partial charge in [0.05, 0.1) is 26.4 Å². The summed E-state index contributed by atoms with van der Waals surface area (Å²) in [4.78, 5) is 0. The van der Waals surface area contributed by atoms with Crippen LogP contribution in [0.3, 0.4) is 0 Å². The Bertz CT molecular complexity index is 1450. The molecule has 0 saturated heterocycles. The summed E-state index contributed by atoms with van der Waals surface area (Å²) in [5, 5.41) is 27.7. The molecule has 2 aromatic rings. The van der Waals surface area contributed by atoms with E-state index in [2.05, 4.69) is 50.5 Å². The third-order valence-electron chi connectivity index (χ3n) is 13.1. The fraction of sp³-hybridized carbons (Fsp3) is 0.733. The minimum Gasteiger partial charge on any atom is -0.493 e. The maximum absolute atomic E-state index is 10.5. The molecule has 0 aliphatic carbocycles. The average molecular weight is 941 g/mol. The molecule has 2 unspecified atom stereocenters. The number of hydrogen-bond donors (Lipinski definition) is 2. The highest BCUT2D eigenvalue weighted by molar-refractivity contribution is 5.43. The monoisotopic (exact) mass is 941 g/mol. The molecule has 0 aliphatic rings. The molecule has 8 nitrogen and oxygen atoms in total. The van der Waals surface area contributed by atoms with Gasteiger partial charge in [0.25, 0.3) is 0 Å². The number of hydrogen-bond acceptors (Lipinski definition) is 8. The Balaban J connectivity index is 2.18. The van der Waals surface area contributed by atoms with Gasteiger partial charge in [0.2, 0.25) is 0 Å². The highest BCUT2D eigenvalue weighted by Gasteiger charge is 2.18. The van der Waals surface area contributed by atoms with E-state index in [-0.39, 0.29) is 23.5 Å². The lowest BCUT2D eigenvalue weighted by Crippen LogP contribution is -2.25. The Labute approximate surface area is 418 Å². The number of nitrogens with one attached hydrogen (secondary N) is 2. The van der Waals surface area contributed by atoms with Crippen molar-refractivity contribution in [2.45, 2.75) is 259 Å². The van der Waals surface area contributed by atoms with E-state index < -0.39 is 0 Å². The molecule has 384 valence electrons. The van der Waals surface area contributed by atoms with Crippen LogP contribution >= 0.6 is 0 Å². The average Bonchev–Trinajstić information content (AvgIpc) is 3.35. The summed E-state index contributed by atoms with van der Waals surface area (Å²) in [6.45, 7) is 15.7. The fourth-order valence-corrected chi connectivity index (χ4v) is 8.65. The van der Waals surface area contributed by atoms with Crippen LogP contribution in [0.2, 0.25) is 0 Å². The zero-order valence-electron chi connectivity index (χ0n) is 44.6. The SMILES string of the molecule is CCCCCCCCCCOc1cc(OCCCCCCCCCC)cc(C(C)N/C(C#N)=C(/C#N)NC(C)c2cc(OCCCCCCCCCC)cc(OCCCCCCCCCC)c2)c1. The summed E-state index contributed by atoms with van der Waals surface area (Å²) in [6, 6.07) is 16.1. The lowest BCUT2D eigenvalue weighted by molar-refractivity contribution is 0.288. The van der Waals surface area contributed by atoms with Crippen LogP contribution in [0.4, 0.5) is 0 Å². The topological polar surface area (TPSA) is 109 Å². The smallest absolute Gasteiger partial charge is 0.148 e. The molecule has 0 heterocycles. The van der Waals surface area contributed by atoms with Crippen LogP contribution in [0.5, 0.6) is 23.0 Å². The van der Waals surface area contributed by atoms with Gasteiger partial charge in [-0.1, -0.05) is 207 Å². The van der Waals surface area contributed by atoms with Crippen molar-refractivity contribution in [3.8, 4) is 35.1 Å². The quantitative estimate of drug-likeness (QED) is 0.0499. The Morgan fingerprint density at radius 3 is 0.765 bits per heavy atom. The highest BCUT2D eigenvalue weighted by atomic mass is 16.5. The molecule has 0 spiro atoms. The molecular formula is C60H100N4O4. The lowest BCUT2D eigenvalue weighted by Gasteiger charge is -2.21. The Hall–Kier alpha value is -4.04. The summed E-state index contributed by atoms with van der Waals surface area (Å²) < 4.78 is 25.4. The van der Waals surface area contributed by atoms with E-state index >= 15 is 0 Å². The van der Waals surface area contributed by atoms with Crippen LogP contribution in [-0.4, -0.2) is 26.4 Å². The Morgan fingerprint density at radius 1 is 0.353 bits per heavy atom. The molecule has 8 heteroatoms. The molecule has 0 bridgehead atoms. The molecule has 0 fully saturated rings. The van der Waals surface area contributed by atoms with Crippen molar-refractivity contribution in [2.75, 3.05) is 26.4 Å². The van der Waals surface area contributed by atoms with Crippen molar-refractivity contribution in [1.82, 2.24) is 10.6 Å². The summed E-state index contributed by atoms with van der Waals surface area (Å²) in [5.74, 6) is 3.07. The number of rotatable bonds is 46. The van der Waals surface area contributed by atoms with Gasteiger partial charge in [-0.15, -0.1) is 0 Å². The minimum absolute atomic E-state index is 0.187. The van der Waals surface area contributed by atoms with Crippen LogP contribution in [0.25, 0.3) is 0 Å². The molecule has 0 aromatic heterocycles. The summed E-state index contributed by atoms with van der Waals surface area (Å²) in [5.41, 5.74) is 2.24. The molecule has 68 heavy (non-hydrogen) atoms. The third kappa shape index (κ3) is 29.8. The van der Waals surface area contributed by atoms with Crippen molar-refractivity contribution >= 4 is 0 Å². The second-order valence-electron chi connectivity index (χ2n) is 19.5. The van der Waals surface area contributed by atoms with E-state index in [1.54, 1.807) is 0 Å². The third-order valence-corrected chi connectivity index (χ3v) is 13.1. The summed E-state index contributed by atoms with van der Waals surface area (Å²) >= 11 is 0. The zero-order chi connectivity index (χ0) is 49.1. The van der Waals surface area contributed by atoms with Crippen LogP contribution < -0.4 is 29.6 Å². The number of nitrogens with zero attached hydrogens (tertiary/aromatic N) is 2. The van der Waals surface area contributed by atoms with Gasteiger partial charge in [0.1, 0.15) is 46.5 Å². The number of ether oxygens (including phenoxy) is 4. The number of allylic oxidation sites excluding steroid dienone is 2. The number of nitriles is 2. The number of unbranched alkanes of at least 4 members (excludes halogenated alkanes) is 28. The lowest BCUT2D eigenvalue weighted by atomic mass is 10.1. The van der Waals surface area contributed by atoms with Gasteiger partial charge in [-0.2, -0.15) is 10.5 Å². The molecule has 2 atom stereocenters. The predicted molar refractivity (Wildman–Crippen MR) is 287 cm³/mol. The second-order valence-corrected chi connectivity index (χ2v) is 19.5. The highest BCUT2D eigenvalue weighted by Crippen LogP contribution is 2.30. The first-order chi connectivity index (χ1) is 33.4. The first-order valence-corrected chi connectivity index (χ1v) is 28.3. The molecule has 0 aliphatic heterocycles. The standard InChI is InChI=1S/C60H100N4O4/c1-7-11-15-19-23-27-31-35-39-65-55-43-53(44-56(47-55)66-40-36-32-28-24-20-16-12-8-2)51(5)63-59(49-61)60(50-62)64-52(6)54-45-57(67-41-37-33-29-25-21-17-13-9-3)48-58(46-54)68-42-38-34-30-26-22-18-14-10-4/h43-48,51-52,63-64H,7-42H2,1-6H3/b60-59-. The van der Waals surface area contributed by atoms with E-state index in [4.69, 9.17) is 18.9 Å². The molecule has 0 amide bonds. The molecule has 0 radical (unpaired) electrons. The van der Waals surface area contributed by atoms with E-state index in [9.17, 15) is 10.5 Å². The largest absolute Gasteiger partial charge is 0.493 e. The molecule has 2 aromatic carbocycles. The van der Waals surface area contributed by atoms with Gasteiger partial charge >= 0.3 is 0 Å². The molecule has 2 N–H and O–H groups in total. The molecule has 0 saturated carbocycles. The summed E-state index contributed by atoms with van der Waals surface area (Å²) in [7, 11) is 0. The van der Waals surface area contributed by atoms with Gasteiger partial charge in [-0.05, 0) is 74.9 Å². The predicted octanol–water partition coefficient (Wildman–Crippen LogP) is 18.0. The van der Waals surface area contributed by atoms with Crippen molar-refractivity contribution in [1.29, 1.82) is 10.5 Å². The van der Waals surface area contributed by atoms with Gasteiger partial charge in [-0.25, -0.2) is 0 Å². The first kappa shape index (κ1) is 60.1. The fourth-order valence-electron chi connectivity index (χ4n) is 8.65. The van der Waals surface area contributed by atoms with Crippen molar-refractivity contribution < 1.29 is 18.9 Å². The maximum Gasteiger partial charge on any atom is 0.148 e. The van der Waals surface area contributed by atoms with Crippen LogP contribution in [-0.2, 0) is 0 Å². The molecular weight excluding hydrogens is 841 g/mol. The van der Waals surface area contributed by atoms with E-state index in [1.165, 1.54) is 154 Å². The van der Waals surface area contributed by atoms with Crippen LogP contribution in [0, 0.1) is 22.7 Å². The number of benzene rings is 2. The Kier molecular flexibility index (Phi) is 37.0. The minimum atomic E-state index is -0.299. The Morgan fingerprint density at radius 2 is 0.559 bits per heavy atom. The second kappa shape index (κ2) is 41.9. The zero-order valence-corrected chi connectivity index (χ0v) is 44.6. The normalized spacial score (nSPS) is 12.4. The maximum atomic E-state index is 10.5. The van der Waals surface area contributed by atoms with Gasteiger partial charge in [0, 0.05) is 24.2 Å². The van der Waals surface area contributed by atoms with E-state index in [0.29, 0.717) is 26.4 Å².